The quantitative estimate of drug-likeness (QED) is 0.606. The van der Waals surface area contributed by atoms with Gasteiger partial charge in [0.1, 0.15) is 0 Å². The van der Waals surface area contributed by atoms with Crippen molar-refractivity contribution in [3.8, 4) is 0 Å². The van der Waals surface area contributed by atoms with E-state index in [1.807, 2.05) is 0 Å². The zero-order valence-corrected chi connectivity index (χ0v) is 15.7. The standard InChI is InChI=1S/C20H17NO6S/c1-21-19(20(25)15-7-2-3-8-17(15)28(21,26)27)16(22)10-9-13-5-4-6-14(11-13)12-18(23)24/h2-11,19H,12H2,1H3,(H,23,24). The van der Waals surface area contributed by atoms with Gasteiger partial charge in [0.15, 0.2) is 17.6 Å². The molecule has 0 amide bonds. The highest BCUT2D eigenvalue weighted by Gasteiger charge is 2.44. The van der Waals surface area contributed by atoms with Gasteiger partial charge in [-0.3, -0.25) is 14.4 Å². The van der Waals surface area contributed by atoms with Gasteiger partial charge in [-0.15, -0.1) is 0 Å². The van der Waals surface area contributed by atoms with Crippen LogP contribution in [0, 0.1) is 0 Å². The first-order valence-corrected chi connectivity index (χ1v) is 9.80. The Bertz CT molecular complexity index is 1100. The van der Waals surface area contributed by atoms with Gasteiger partial charge in [-0.2, -0.15) is 4.31 Å². The third-order valence-electron chi connectivity index (χ3n) is 4.44. The van der Waals surface area contributed by atoms with Crippen molar-refractivity contribution in [2.24, 2.45) is 0 Å². The minimum atomic E-state index is -3.96. The Morgan fingerprint density at radius 2 is 1.86 bits per heavy atom. The molecule has 1 unspecified atom stereocenters. The number of carbonyl (C=O) groups is 3. The molecular formula is C20H17NO6S. The van der Waals surface area contributed by atoms with Gasteiger partial charge in [-0.05, 0) is 29.3 Å². The zero-order valence-electron chi connectivity index (χ0n) is 14.9. The summed E-state index contributed by atoms with van der Waals surface area (Å²) in [5, 5.41) is 8.86. The summed E-state index contributed by atoms with van der Waals surface area (Å²) in [5.41, 5.74) is 1.13. The van der Waals surface area contributed by atoms with Crippen molar-refractivity contribution < 1.29 is 27.9 Å². The van der Waals surface area contributed by atoms with Crippen molar-refractivity contribution in [3.63, 3.8) is 0 Å². The topological polar surface area (TPSA) is 109 Å². The Kier molecular flexibility index (Phi) is 5.26. The van der Waals surface area contributed by atoms with E-state index >= 15 is 0 Å². The van der Waals surface area contributed by atoms with Crippen LogP contribution in [0.4, 0.5) is 0 Å². The smallest absolute Gasteiger partial charge is 0.307 e. The summed E-state index contributed by atoms with van der Waals surface area (Å²) in [5.74, 6) is -2.23. The van der Waals surface area contributed by atoms with E-state index in [9.17, 15) is 22.8 Å². The van der Waals surface area contributed by atoms with Crippen molar-refractivity contribution in [1.29, 1.82) is 0 Å². The third-order valence-corrected chi connectivity index (χ3v) is 6.32. The van der Waals surface area contributed by atoms with E-state index < -0.39 is 33.6 Å². The molecule has 1 aliphatic rings. The van der Waals surface area contributed by atoms with Gasteiger partial charge < -0.3 is 5.11 Å². The van der Waals surface area contributed by atoms with Crippen molar-refractivity contribution in [2.75, 3.05) is 7.05 Å². The Balaban J connectivity index is 1.90. The highest BCUT2D eigenvalue weighted by Crippen LogP contribution is 2.29. The Hall–Kier alpha value is -3.10. The van der Waals surface area contributed by atoms with Crippen LogP contribution in [0.5, 0.6) is 0 Å². The highest BCUT2D eigenvalue weighted by molar-refractivity contribution is 7.89. The van der Waals surface area contributed by atoms with Gasteiger partial charge in [-0.25, -0.2) is 8.42 Å². The monoisotopic (exact) mass is 399 g/mol. The SMILES string of the molecule is CN1C(C(=O)C=Cc2cccc(CC(=O)O)c2)C(=O)c2ccccc2S1(=O)=O. The molecule has 7 nitrogen and oxygen atoms in total. The van der Waals surface area contributed by atoms with Gasteiger partial charge >= 0.3 is 5.97 Å². The predicted octanol–water partition coefficient (Wildman–Crippen LogP) is 1.78. The van der Waals surface area contributed by atoms with E-state index in [2.05, 4.69) is 0 Å². The number of aliphatic carboxylic acids is 1. The molecule has 0 saturated heterocycles. The van der Waals surface area contributed by atoms with Crippen LogP contribution in [0.15, 0.2) is 59.5 Å². The minimum absolute atomic E-state index is 0.00388. The summed E-state index contributed by atoms with van der Waals surface area (Å²) >= 11 is 0. The second-order valence-corrected chi connectivity index (χ2v) is 8.30. The van der Waals surface area contributed by atoms with E-state index in [1.54, 1.807) is 30.3 Å². The molecule has 0 saturated carbocycles. The van der Waals surface area contributed by atoms with Crippen LogP contribution in [0.2, 0.25) is 0 Å². The predicted molar refractivity (Wildman–Crippen MR) is 101 cm³/mol. The second-order valence-electron chi connectivity index (χ2n) is 6.34. The number of carboxylic acids is 1. The number of fused-ring (bicyclic) bond motifs is 1. The molecule has 0 aliphatic carbocycles. The first-order chi connectivity index (χ1) is 13.2. The van der Waals surface area contributed by atoms with E-state index in [1.165, 1.54) is 31.3 Å². The molecule has 2 aromatic rings. The number of Topliss-reactive ketones (excluding diaryl/α,β-unsaturated/α-hetero) is 1. The van der Waals surface area contributed by atoms with Crippen LogP contribution in [0.1, 0.15) is 21.5 Å². The molecule has 0 radical (unpaired) electrons. The lowest BCUT2D eigenvalue weighted by molar-refractivity contribution is -0.136. The number of rotatable bonds is 5. The Labute approximate surface area is 162 Å². The van der Waals surface area contributed by atoms with Crippen LogP contribution < -0.4 is 0 Å². The molecular weight excluding hydrogens is 382 g/mol. The summed E-state index contributed by atoms with van der Waals surface area (Å²) in [6.07, 6.45) is 2.42. The number of hydrogen-bond acceptors (Lipinski definition) is 5. The number of ketones is 2. The number of hydrogen-bond donors (Lipinski definition) is 1. The van der Waals surface area contributed by atoms with Crippen LogP contribution in [-0.4, -0.2) is 48.5 Å². The van der Waals surface area contributed by atoms with E-state index in [-0.39, 0.29) is 16.9 Å². The van der Waals surface area contributed by atoms with Gasteiger partial charge in [0.2, 0.25) is 10.0 Å². The lowest BCUT2D eigenvalue weighted by atomic mass is 9.99. The maximum atomic E-state index is 12.7. The molecule has 1 heterocycles. The van der Waals surface area contributed by atoms with Gasteiger partial charge in [0, 0.05) is 12.6 Å². The molecule has 2 aromatic carbocycles. The average molecular weight is 399 g/mol. The molecule has 144 valence electrons. The summed E-state index contributed by atoms with van der Waals surface area (Å²) in [7, 11) is -2.76. The van der Waals surface area contributed by atoms with E-state index in [0.29, 0.717) is 11.1 Å². The van der Waals surface area contributed by atoms with Crippen LogP contribution >= 0.6 is 0 Å². The molecule has 1 aliphatic heterocycles. The first kappa shape index (κ1) is 19.7. The molecule has 1 atom stereocenters. The summed E-state index contributed by atoms with van der Waals surface area (Å²) in [6.45, 7) is 0. The number of carbonyl (C=O) groups excluding carboxylic acids is 2. The number of carboxylic acid groups (broad SMARTS) is 1. The maximum Gasteiger partial charge on any atom is 0.307 e. The first-order valence-electron chi connectivity index (χ1n) is 8.36. The zero-order chi connectivity index (χ0) is 20.5. The lowest BCUT2D eigenvalue weighted by Crippen LogP contribution is -2.50. The fourth-order valence-corrected chi connectivity index (χ4v) is 4.55. The molecule has 28 heavy (non-hydrogen) atoms. The molecule has 0 aromatic heterocycles. The number of nitrogens with zero attached hydrogens (tertiary/aromatic N) is 1. The largest absolute Gasteiger partial charge is 0.481 e. The number of likely N-dealkylation sites (N-methyl/N-ethyl adjacent to an activating group) is 1. The number of benzene rings is 2. The van der Waals surface area contributed by atoms with Crippen LogP contribution in [-0.2, 0) is 26.0 Å². The van der Waals surface area contributed by atoms with Crippen molar-refractivity contribution in [2.45, 2.75) is 17.4 Å². The second kappa shape index (κ2) is 7.49. The lowest BCUT2D eigenvalue weighted by Gasteiger charge is -2.30. The highest BCUT2D eigenvalue weighted by atomic mass is 32.2. The van der Waals surface area contributed by atoms with Gasteiger partial charge in [0.25, 0.3) is 0 Å². The maximum absolute atomic E-state index is 12.7. The van der Waals surface area contributed by atoms with Crippen LogP contribution in [0.3, 0.4) is 0 Å². The summed E-state index contributed by atoms with van der Waals surface area (Å²) in [6, 6.07) is 10.9. The van der Waals surface area contributed by atoms with Crippen molar-refractivity contribution in [3.05, 3.63) is 71.3 Å². The summed E-state index contributed by atoms with van der Waals surface area (Å²) < 4.78 is 26.0. The third kappa shape index (κ3) is 3.64. The molecule has 1 N–H and O–H groups in total. The molecule has 0 bridgehead atoms. The molecule has 0 fully saturated rings. The van der Waals surface area contributed by atoms with E-state index in [0.717, 1.165) is 10.4 Å². The van der Waals surface area contributed by atoms with Gasteiger partial charge in [-0.1, -0.05) is 42.5 Å². The minimum Gasteiger partial charge on any atom is -0.481 e. The van der Waals surface area contributed by atoms with E-state index in [4.69, 9.17) is 5.11 Å². The number of sulfonamides is 1. The van der Waals surface area contributed by atoms with Crippen molar-refractivity contribution >= 4 is 33.6 Å². The molecule has 3 rings (SSSR count). The summed E-state index contributed by atoms with van der Waals surface area (Å²) in [4.78, 5) is 36.1. The van der Waals surface area contributed by atoms with Gasteiger partial charge in [0.05, 0.1) is 11.3 Å². The molecule has 8 heteroatoms. The average Bonchev–Trinajstić information content (AvgIpc) is 2.65. The Morgan fingerprint density at radius 1 is 1.14 bits per heavy atom. The molecule has 0 spiro atoms. The fourth-order valence-electron chi connectivity index (χ4n) is 3.06. The Morgan fingerprint density at radius 3 is 2.57 bits per heavy atom. The normalized spacial score (nSPS) is 18.8. The van der Waals surface area contributed by atoms with Crippen molar-refractivity contribution in [1.82, 2.24) is 4.31 Å². The van der Waals surface area contributed by atoms with Crippen LogP contribution in [0.25, 0.3) is 6.08 Å². The fraction of sp³-hybridized carbons (Fsp3) is 0.150.